The van der Waals surface area contributed by atoms with Crippen LogP contribution in [-0.4, -0.2) is 65.5 Å². The number of thioether (sulfide) groups is 1. The first kappa shape index (κ1) is 19.9. The predicted octanol–water partition coefficient (Wildman–Crippen LogP) is 2.42. The molecule has 2 aromatic rings. The van der Waals surface area contributed by atoms with Crippen molar-refractivity contribution >= 4 is 17.7 Å². The lowest BCUT2D eigenvalue weighted by Gasteiger charge is -2.26. The molecule has 146 valence electrons. The van der Waals surface area contributed by atoms with Gasteiger partial charge in [-0.1, -0.05) is 17.8 Å². The molecule has 7 heteroatoms. The molecule has 1 aromatic carbocycles. The number of morpholine rings is 1. The molecule has 0 radical (unpaired) electrons. The monoisotopic (exact) mass is 388 g/mol. The number of hydrogen-bond acceptors (Lipinski definition) is 5. The second-order valence-electron chi connectivity index (χ2n) is 6.87. The molecule has 0 atom stereocenters. The van der Waals surface area contributed by atoms with Gasteiger partial charge in [-0.2, -0.15) is 0 Å². The Kier molecular flexibility index (Phi) is 7.32. The fourth-order valence-corrected chi connectivity index (χ4v) is 4.02. The maximum atomic E-state index is 12.1. The van der Waals surface area contributed by atoms with Crippen molar-refractivity contribution in [2.75, 3.05) is 45.1 Å². The maximum absolute atomic E-state index is 12.1. The van der Waals surface area contributed by atoms with Crippen LogP contribution < -0.4 is 5.32 Å². The second-order valence-corrected chi connectivity index (χ2v) is 7.81. The van der Waals surface area contributed by atoms with Crippen molar-refractivity contribution < 1.29 is 9.53 Å². The average Bonchev–Trinajstić information content (AvgIpc) is 3.12. The number of nitrogens with zero attached hydrogens (tertiary/aromatic N) is 3. The Bertz CT molecular complexity index is 736. The number of aryl methyl sites for hydroxylation is 2. The Balaban J connectivity index is 1.43. The maximum Gasteiger partial charge on any atom is 0.230 e. The quantitative estimate of drug-likeness (QED) is 0.556. The molecule has 0 saturated carbocycles. The summed E-state index contributed by atoms with van der Waals surface area (Å²) < 4.78 is 7.38. The minimum Gasteiger partial charge on any atom is -0.379 e. The Labute approximate surface area is 165 Å². The van der Waals surface area contributed by atoms with Crippen LogP contribution in [0.2, 0.25) is 0 Å². The van der Waals surface area contributed by atoms with E-state index in [2.05, 4.69) is 47.2 Å². The van der Waals surface area contributed by atoms with E-state index in [1.807, 2.05) is 10.8 Å². The Morgan fingerprint density at radius 2 is 1.96 bits per heavy atom. The zero-order valence-corrected chi connectivity index (χ0v) is 16.9. The second kappa shape index (κ2) is 9.92. The van der Waals surface area contributed by atoms with Gasteiger partial charge >= 0.3 is 0 Å². The zero-order valence-electron chi connectivity index (χ0n) is 16.1. The van der Waals surface area contributed by atoms with Gasteiger partial charge in [0.15, 0.2) is 5.16 Å². The lowest BCUT2D eigenvalue weighted by atomic mass is 10.1. The molecular weight excluding hydrogens is 360 g/mol. The van der Waals surface area contributed by atoms with Gasteiger partial charge in [-0.05, 0) is 50.1 Å². The first-order valence-electron chi connectivity index (χ1n) is 9.43. The first-order valence-corrected chi connectivity index (χ1v) is 10.4. The van der Waals surface area contributed by atoms with Crippen LogP contribution in [-0.2, 0) is 9.53 Å². The van der Waals surface area contributed by atoms with Crippen molar-refractivity contribution in [2.45, 2.75) is 25.4 Å². The fourth-order valence-electron chi connectivity index (χ4n) is 3.22. The molecule has 1 aliphatic rings. The Hall–Kier alpha value is -1.83. The normalized spacial score (nSPS) is 15.0. The third-order valence-corrected chi connectivity index (χ3v) is 5.47. The number of benzene rings is 1. The largest absolute Gasteiger partial charge is 0.379 e. The number of imidazole rings is 1. The summed E-state index contributed by atoms with van der Waals surface area (Å²) in [6.07, 6.45) is 4.69. The third kappa shape index (κ3) is 6.09. The number of aromatic nitrogens is 2. The van der Waals surface area contributed by atoms with Crippen LogP contribution in [0, 0.1) is 13.8 Å². The zero-order chi connectivity index (χ0) is 19.1. The van der Waals surface area contributed by atoms with E-state index in [9.17, 15) is 4.79 Å². The van der Waals surface area contributed by atoms with Gasteiger partial charge in [0, 0.05) is 37.7 Å². The average molecular weight is 389 g/mol. The van der Waals surface area contributed by atoms with Gasteiger partial charge in [0.05, 0.1) is 19.0 Å². The van der Waals surface area contributed by atoms with Gasteiger partial charge < -0.3 is 10.1 Å². The number of hydrogen-bond donors (Lipinski definition) is 1. The van der Waals surface area contributed by atoms with E-state index in [-0.39, 0.29) is 5.91 Å². The smallest absolute Gasteiger partial charge is 0.230 e. The first-order chi connectivity index (χ1) is 13.1. The van der Waals surface area contributed by atoms with Crippen LogP contribution in [0.25, 0.3) is 5.69 Å². The Morgan fingerprint density at radius 3 is 2.70 bits per heavy atom. The van der Waals surface area contributed by atoms with E-state index in [1.165, 1.54) is 22.9 Å². The lowest BCUT2D eigenvalue weighted by Crippen LogP contribution is -2.38. The summed E-state index contributed by atoms with van der Waals surface area (Å²) in [6.45, 7) is 9.51. The van der Waals surface area contributed by atoms with Crippen LogP contribution in [0.15, 0.2) is 35.7 Å². The highest BCUT2D eigenvalue weighted by Gasteiger charge is 2.11. The van der Waals surface area contributed by atoms with Crippen LogP contribution in [0.1, 0.15) is 17.5 Å². The molecule has 1 fully saturated rings. The lowest BCUT2D eigenvalue weighted by molar-refractivity contribution is -0.118. The molecule has 0 aliphatic carbocycles. The van der Waals surface area contributed by atoms with Crippen molar-refractivity contribution in [1.29, 1.82) is 0 Å². The molecule has 1 amide bonds. The molecule has 3 rings (SSSR count). The molecule has 1 saturated heterocycles. The van der Waals surface area contributed by atoms with Crippen LogP contribution in [0.3, 0.4) is 0 Å². The van der Waals surface area contributed by atoms with Crippen LogP contribution >= 0.6 is 11.8 Å². The van der Waals surface area contributed by atoms with Crippen molar-refractivity contribution in [1.82, 2.24) is 19.8 Å². The van der Waals surface area contributed by atoms with Crippen LogP contribution in [0.5, 0.6) is 0 Å². The van der Waals surface area contributed by atoms with Gasteiger partial charge in [0.1, 0.15) is 0 Å². The molecule has 2 heterocycles. The Morgan fingerprint density at radius 1 is 1.22 bits per heavy atom. The van der Waals surface area contributed by atoms with Gasteiger partial charge in [0.2, 0.25) is 5.91 Å². The van der Waals surface area contributed by atoms with E-state index in [4.69, 9.17) is 4.74 Å². The molecule has 0 bridgehead atoms. The van der Waals surface area contributed by atoms with E-state index in [0.717, 1.165) is 50.1 Å². The highest BCUT2D eigenvalue weighted by Crippen LogP contribution is 2.22. The highest BCUT2D eigenvalue weighted by atomic mass is 32.2. The molecule has 1 aliphatic heterocycles. The summed E-state index contributed by atoms with van der Waals surface area (Å²) in [4.78, 5) is 18.9. The number of carbonyl (C=O) groups is 1. The summed E-state index contributed by atoms with van der Waals surface area (Å²) in [7, 11) is 0. The summed E-state index contributed by atoms with van der Waals surface area (Å²) in [5, 5.41) is 3.84. The minimum atomic E-state index is 0.0527. The minimum absolute atomic E-state index is 0.0527. The number of carbonyl (C=O) groups excluding carboxylic acids is 1. The number of rotatable bonds is 8. The number of ether oxygens (including phenoxy) is 1. The van der Waals surface area contributed by atoms with Crippen LogP contribution in [0.4, 0.5) is 0 Å². The van der Waals surface area contributed by atoms with E-state index < -0.39 is 0 Å². The molecule has 6 nitrogen and oxygen atoms in total. The topological polar surface area (TPSA) is 59.4 Å². The molecule has 0 spiro atoms. The van der Waals surface area contributed by atoms with Gasteiger partial charge in [-0.25, -0.2) is 4.98 Å². The summed E-state index contributed by atoms with van der Waals surface area (Å²) in [5.41, 5.74) is 3.51. The fraction of sp³-hybridized carbons (Fsp3) is 0.500. The van der Waals surface area contributed by atoms with E-state index in [1.54, 1.807) is 6.20 Å². The van der Waals surface area contributed by atoms with Gasteiger partial charge in [-0.3, -0.25) is 14.3 Å². The molecule has 0 unspecified atom stereocenters. The third-order valence-electron chi connectivity index (χ3n) is 4.50. The molecule has 1 N–H and O–H groups in total. The van der Waals surface area contributed by atoms with E-state index >= 15 is 0 Å². The molecule has 1 aromatic heterocycles. The SMILES string of the molecule is Cc1cc(C)cc(-n2ccnc2SCC(=O)NCCCN2CCOCC2)c1. The summed E-state index contributed by atoms with van der Waals surface area (Å²) in [5.74, 6) is 0.427. The van der Waals surface area contributed by atoms with Gasteiger partial charge in [-0.15, -0.1) is 0 Å². The molecular formula is C20H28N4O2S. The summed E-state index contributed by atoms with van der Waals surface area (Å²) >= 11 is 1.47. The number of nitrogens with one attached hydrogen (secondary N) is 1. The predicted molar refractivity (Wildman–Crippen MR) is 109 cm³/mol. The van der Waals surface area contributed by atoms with Crippen molar-refractivity contribution in [3.8, 4) is 5.69 Å². The van der Waals surface area contributed by atoms with E-state index in [0.29, 0.717) is 12.3 Å². The number of amides is 1. The van der Waals surface area contributed by atoms with Crippen molar-refractivity contribution in [3.05, 3.63) is 41.7 Å². The highest BCUT2D eigenvalue weighted by molar-refractivity contribution is 7.99. The summed E-state index contributed by atoms with van der Waals surface area (Å²) in [6, 6.07) is 6.41. The van der Waals surface area contributed by atoms with Crippen molar-refractivity contribution in [2.24, 2.45) is 0 Å². The molecule has 27 heavy (non-hydrogen) atoms. The van der Waals surface area contributed by atoms with Gasteiger partial charge in [0.25, 0.3) is 0 Å². The van der Waals surface area contributed by atoms with Crippen molar-refractivity contribution in [3.63, 3.8) is 0 Å². The standard InChI is InChI=1S/C20H28N4O2S/c1-16-12-17(2)14-18(13-16)24-7-5-22-20(24)27-15-19(25)21-4-3-6-23-8-10-26-11-9-23/h5,7,12-14H,3-4,6,8-11,15H2,1-2H3,(H,21,25).